The molecule has 1 aromatic rings. The molecule has 0 aromatic heterocycles. The van der Waals surface area contributed by atoms with Crippen LogP contribution in [0, 0.1) is 0 Å². The highest BCUT2D eigenvalue weighted by Gasteiger charge is 2.15. The Labute approximate surface area is 90.3 Å². The van der Waals surface area contributed by atoms with E-state index in [0.29, 0.717) is 6.42 Å². The molecule has 0 radical (unpaired) electrons. The molecular weight excluding hydrogens is 188 g/mol. The van der Waals surface area contributed by atoms with E-state index in [2.05, 4.69) is 25.1 Å². The van der Waals surface area contributed by atoms with Crippen LogP contribution in [-0.2, 0) is 11.2 Å². The van der Waals surface area contributed by atoms with Gasteiger partial charge in [0.25, 0.3) is 0 Å². The lowest BCUT2D eigenvalue weighted by Gasteiger charge is -2.11. The molecule has 2 rings (SSSR count). The minimum atomic E-state index is 0.240. The van der Waals surface area contributed by atoms with Crippen LogP contribution in [0.2, 0.25) is 0 Å². The summed E-state index contributed by atoms with van der Waals surface area (Å²) in [4.78, 5) is 11.0. The van der Waals surface area contributed by atoms with Crippen LogP contribution in [0.25, 0.3) is 0 Å². The molecule has 15 heavy (non-hydrogen) atoms. The van der Waals surface area contributed by atoms with Gasteiger partial charge in [0, 0.05) is 12.8 Å². The number of rotatable bonds is 3. The lowest BCUT2D eigenvalue weighted by Crippen LogP contribution is -2.00. The maximum Gasteiger partial charge on any atom is 0.130 e. The lowest BCUT2D eigenvalue weighted by atomic mass is 9.95. The van der Waals surface area contributed by atoms with Gasteiger partial charge in [-0.3, -0.25) is 0 Å². The van der Waals surface area contributed by atoms with E-state index in [0.717, 1.165) is 18.8 Å². The Hall–Kier alpha value is -1.31. The highest BCUT2D eigenvalue weighted by molar-refractivity contribution is 5.76. The third-order valence-electron chi connectivity index (χ3n) is 2.88. The van der Waals surface area contributed by atoms with Gasteiger partial charge >= 0.3 is 0 Å². The molecule has 0 amide bonds. The number of carbonyl (C=O) groups is 1. The number of benzene rings is 1. The largest absolute Gasteiger partial charge is 0.493 e. The van der Waals surface area contributed by atoms with E-state index in [9.17, 15) is 4.79 Å². The second-order valence-corrected chi connectivity index (χ2v) is 4.27. The minimum Gasteiger partial charge on any atom is -0.493 e. The quantitative estimate of drug-likeness (QED) is 0.756. The summed E-state index contributed by atoms with van der Waals surface area (Å²) in [6.07, 6.45) is 1.62. The average Bonchev–Trinajstić information content (AvgIpc) is 2.62. The molecule has 0 N–H and O–H groups in total. The van der Waals surface area contributed by atoms with Crippen LogP contribution in [0.5, 0.6) is 5.75 Å². The van der Waals surface area contributed by atoms with E-state index < -0.39 is 0 Å². The van der Waals surface area contributed by atoms with Crippen LogP contribution in [-0.4, -0.2) is 12.4 Å². The molecule has 1 atom stereocenters. The van der Waals surface area contributed by atoms with Crippen molar-refractivity contribution in [2.24, 2.45) is 0 Å². The SMILES string of the molecule is CC(=O)CC(C)c1ccc2c(c1)OCC2. The molecule has 0 bridgehead atoms. The zero-order chi connectivity index (χ0) is 10.8. The van der Waals surface area contributed by atoms with Gasteiger partial charge in [0.15, 0.2) is 0 Å². The van der Waals surface area contributed by atoms with Gasteiger partial charge in [-0.1, -0.05) is 19.1 Å². The normalized spacial score (nSPS) is 15.6. The van der Waals surface area contributed by atoms with Crippen molar-refractivity contribution in [2.75, 3.05) is 6.61 Å². The van der Waals surface area contributed by atoms with E-state index in [1.807, 2.05) is 0 Å². The van der Waals surface area contributed by atoms with Gasteiger partial charge in [0.1, 0.15) is 11.5 Å². The van der Waals surface area contributed by atoms with Gasteiger partial charge in [-0.2, -0.15) is 0 Å². The zero-order valence-electron chi connectivity index (χ0n) is 9.25. The Morgan fingerprint density at radius 3 is 3.07 bits per heavy atom. The first-order valence-corrected chi connectivity index (χ1v) is 5.42. The van der Waals surface area contributed by atoms with E-state index in [1.54, 1.807) is 6.92 Å². The fraction of sp³-hybridized carbons (Fsp3) is 0.462. The molecule has 0 fully saturated rings. The van der Waals surface area contributed by atoms with Crippen molar-refractivity contribution in [1.29, 1.82) is 0 Å². The fourth-order valence-corrected chi connectivity index (χ4v) is 2.04. The van der Waals surface area contributed by atoms with Crippen molar-refractivity contribution in [3.05, 3.63) is 29.3 Å². The van der Waals surface area contributed by atoms with Crippen LogP contribution >= 0.6 is 0 Å². The van der Waals surface area contributed by atoms with Crippen LogP contribution < -0.4 is 4.74 Å². The molecule has 2 nitrogen and oxygen atoms in total. The molecule has 80 valence electrons. The topological polar surface area (TPSA) is 26.3 Å². The zero-order valence-corrected chi connectivity index (χ0v) is 9.25. The van der Waals surface area contributed by atoms with Crippen LogP contribution in [0.15, 0.2) is 18.2 Å². The Bertz CT molecular complexity index is 382. The molecule has 1 aromatic carbocycles. The molecule has 2 heteroatoms. The molecule has 0 saturated carbocycles. The molecule has 0 aliphatic carbocycles. The minimum absolute atomic E-state index is 0.240. The summed E-state index contributed by atoms with van der Waals surface area (Å²) in [7, 11) is 0. The van der Waals surface area contributed by atoms with Crippen molar-refractivity contribution in [3.8, 4) is 5.75 Å². The number of Topliss-reactive ketones (excluding diaryl/α,β-unsaturated/α-hetero) is 1. The van der Waals surface area contributed by atoms with E-state index in [4.69, 9.17) is 4.74 Å². The highest BCUT2D eigenvalue weighted by atomic mass is 16.5. The summed E-state index contributed by atoms with van der Waals surface area (Å²) < 4.78 is 5.51. The van der Waals surface area contributed by atoms with Crippen molar-refractivity contribution in [3.63, 3.8) is 0 Å². The second-order valence-electron chi connectivity index (χ2n) is 4.27. The number of fused-ring (bicyclic) bond motifs is 1. The number of ketones is 1. The predicted molar refractivity (Wildman–Crippen MR) is 59.4 cm³/mol. The second kappa shape index (κ2) is 4.05. The van der Waals surface area contributed by atoms with Gasteiger partial charge < -0.3 is 9.53 Å². The van der Waals surface area contributed by atoms with Crippen molar-refractivity contribution >= 4 is 5.78 Å². The van der Waals surface area contributed by atoms with E-state index in [1.165, 1.54) is 11.1 Å². The first-order chi connectivity index (χ1) is 7.16. The Morgan fingerprint density at radius 1 is 1.53 bits per heavy atom. The Morgan fingerprint density at radius 2 is 2.33 bits per heavy atom. The molecule has 1 aliphatic rings. The van der Waals surface area contributed by atoms with E-state index >= 15 is 0 Å². The summed E-state index contributed by atoms with van der Waals surface area (Å²) in [5.41, 5.74) is 2.49. The van der Waals surface area contributed by atoms with Gasteiger partial charge in [0.05, 0.1) is 6.61 Å². The van der Waals surface area contributed by atoms with Gasteiger partial charge in [0.2, 0.25) is 0 Å². The monoisotopic (exact) mass is 204 g/mol. The number of ether oxygens (including phenoxy) is 1. The summed E-state index contributed by atoms with van der Waals surface area (Å²) in [5.74, 6) is 1.53. The highest BCUT2D eigenvalue weighted by Crippen LogP contribution is 2.30. The van der Waals surface area contributed by atoms with Crippen molar-refractivity contribution in [2.45, 2.75) is 32.6 Å². The van der Waals surface area contributed by atoms with Crippen LogP contribution in [0.3, 0.4) is 0 Å². The molecule has 1 unspecified atom stereocenters. The summed E-state index contributed by atoms with van der Waals surface area (Å²) in [6.45, 7) is 4.51. The third kappa shape index (κ3) is 2.20. The molecular formula is C13H16O2. The van der Waals surface area contributed by atoms with Crippen molar-refractivity contribution in [1.82, 2.24) is 0 Å². The van der Waals surface area contributed by atoms with Crippen LogP contribution in [0.4, 0.5) is 0 Å². The Balaban J connectivity index is 2.19. The first-order valence-electron chi connectivity index (χ1n) is 5.42. The number of carbonyl (C=O) groups excluding carboxylic acids is 1. The first kappa shape index (κ1) is 10.2. The lowest BCUT2D eigenvalue weighted by molar-refractivity contribution is -0.117. The summed E-state index contributed by atoms with van der Waals surface area (Å²) >= 11 is 0. The van der Waals surface area contributed by atoms with Gasteiger partial charge in [-0.05, 0) is 30.0 Å². The predicted octanol–water partition coefficient (Wildman–Crippen LogP) is 2.70. The molecule has 0 spiro atoms. The van der Waals surface area contributed by atoms with Crippen LogP contribution in [0.1, 0.15) is 37.3 Å². The third-order valence-corrected chi connectivity index (χ3v) is 2.88. The summed E-state index contributed by atoms with van der Waals surface area (Å²) in [6, 6.07) is 6.31. The summed E-state index contributed by atoms with van der Waals surface area (Å²) in [5, 5.41) is 0. The standard InChI is InChI=1S/C13H16O2/c1-9(7-10(2)14)12-4-3-11-5-6-15-13(11)8-12/h3-4,8-9H,5-7H2,1-2H3. The number of hydrogen-bond acceptors (Lipinski definition) is 2. The maximum atomic E-state index is 11.0. The van der Waals surface area contributed by atoms with Gasteiger partial charge in [-0.25, -0.2) is 0 Å². The molecule has 1 aliphatic heterocycles. The van der Waals surface area contributed by atoms with Gasteiger partial charge in [-0.15, -0.1) is 0 Å². The molecule has 1 heterocycles. The number of hydrogen-bond donors (Lipinski definition) is 0. The van der Waals surface area contributed by atoms with E-state index in [-0.39, 0.29) is 11.7 Å². The van der Waals surface area contributed by atoms with Crippen molar-refractivity contribution < 1.29 is 9.53 Å². The fourth-order valence-electron chi connectivity index (χ4n) is 2.04. The average molecular weight is 204 g/mol. The Kier molecular flexibility index (Phi) is 2.76. The maximum absolute atomic E-state index is 11.0. The smallest absolute Gasteiger partial charge is 0.130 e. The molecule has 0 saturated heterocycles.